The van der Waals surface area contributed by atoms with Crippen molar-refractivity contribution in [1.82, 2.24) is 19.9 Å². The van der Waals surface area contributed by atoms with E-state index in [0.29, 0.717) is 11.6 Å². The highest BCUT2D eigenvalue weighted by Gasteiger charge is 2.53. The normalized spacial score (nSPS) is 14.2. The van der Waals surface area contributed by atoms with Gasteiger partial charge in [-0.2, -0.15) is 0 Å². The van der Waals surface area contributed by atoms with Crippen LogP contribution in [0.4, 0.5) is 0 Å². The molecule has 0 radical (unpaired) electrons. The number of hydrogen-bond acceptors (Lipinski definition) is 6. The lowest BCUT2D eigenvalue weighted by Crippen LogP contribution is -2.32. The third-order valence-corrected chi connectivity index (χ3v) is 21.9. The van der Waals surface area contributed by atoms with Crippen molar-refractivity contribution in [2.45, 2.75) is 10.8 Å². The molecular formula is C98H60N4O2. The van der Waals surface area contributed by atoms with E-state index in [9.17, 15) is 0 Å². The van der Waals surface area contributed by atoms with E-state index in [1.807, 2.05) is 18.2 Å². The summed E-state index contributed by atoms with van der Waals surface area (Å²) in [5.41, 5.74) is 28.2. The van der Waals surface area contributed by atoms with E-state index < -0.39 is 10.8 Å². The molecule has 2 aromatic heterocycles. The second-order valence-corrected chi connectivity index (χ2v) is 27.3. The molecule has 484 valence electrons. The Balaban J connectivity index is 0.681. The zero-order valence-electron chi connectivity index (χ0n) is 56.2. The van der Waals surface area contributed by atoms with Gasteiger partial charge in [-0.15, -0.1) is 0 Å². The highest BCUT2D eigenvalue weighted by molar-refractivity contribution is 5.99. The van der Waals surface area contributed by atoms with Crippen molar-refractivity contribution < 1.29 is 9.47 Å². The lowest BCUT2D eigenvalue weighted by molar-refractivity contribution is 0.437. The van der Waals surface area contributed by atoms with Gasteiger partial charge in [-0.3, -0.25) is 0 Å². The molecular weight excluding hydrogens is 1270 g/mol. The summed E-state index contributed by atoms with van der Waals surface area (Å²) in [6.45, 7) is 0. The summed E-state index contributed by atoms with van der Waals surface area (Å²) in [7, 11) is 0. The summed E-state index contributed by atoms with van der Waals surface area (Å²) in [6.07, 6.45) is 0. The fourth-order valence-electron chi connectivity index (χ4n) is 17.4. The zero-order valence-corrected chi connectivity index (χ0v) is 56.2. The van der Waals surface area contributed by atoms with E-state index in [0.717, 1.165) is 146 Å². The number of benzene rings is 15. The monoisotopic (exact) mass is 1320 g/mol. The van der Waals surface area contributed by atoms with Gasteiger partial charge < -0.3 is 9.47 Å². The maximum atomic E-state index is 7.30. The molecule has 15 aromatic carbocycles. The van der Waals surface area contributed by atoms with E-state index >= 15 is 0 Å². The number of para-hydroxylation sites is 4. The summed E-state index contributed by atoms with van der Waals surface area (Å²) >= 11 is 0. The number of hydrogen-bond donors (Lipinski definition) is 0. The molecule has 104 heavy (non-hydrogen) atoms. The molecule has 1 unspecified atom stereocenters. The third kappa shape index (κ3) is 8.95. The van der Waals surface area contributed by atoms with Gasteiger partial charge >= 0.3 is 0 Å². The van der Waals surface area contributed by atoms with Crippen LogP contribution in [-0.2, 0) is 10.8 Å². The van der Waals surface area contributed by atoms with Crippen LogP contribution in [0.25, 0.3) is 134 Å². The molecule has 1 atom stereocenters. The van der Waals surface area contributed by atoms with Gasteiger partial charge in [0.05, 0.1) is 33.6 Å². The lowest BCUT2D eigenvalue weighted by Gasteiger charge is -2.40. The minimum Gasteiger partial charge on any atom is -0.456 e. The van der Waals surface area contributed by atoms with Crippen molar-refractivity contribution in [1.29, 1.82) is 0 Å². The maximum Gasteiger partial charge on any atom is 0.160 e. The largest absolute Gasteiger partial charge is 0.456 e. The average Bonchev–Trinajstić information content (AvgIpc) is 1.50. The van der Waals surface area contributed by atoms with E-state index in [4.69, 9.17) is 29.4 Å². The number of rotatable bonds is 9. The van der Waals surface area contributed by atoms with Crippen LogP contribution >= 0.6 is 0 Å². The van der Waals surface area contributed by atoms with Crippen molar-refractivity contribution in [2.24, 2.45) is 0 Å². The van der Waals surface area contributed by atoms with Gasteiger partial charge in [-0.05, 0) is 131 Å². The Kier molecular flexibility index (Phi) is 13.4. The van der Waals surface area contributed by atoms with Gasteiger partial charge in [0.25, 0.3) is 0 Å². The molecule has 17 aromatic rings. The van der Waals surface area contributed by atoms with Crippen molar-refractivity contribution in [3.63, 3.8) is 0 Å². The summed E-state index contributed by atoms with van der Waals surface area (Å²) in [6, 6.07) is 130. The third-order valence-electron chi connectivity index (χ3n) is 21.9. The Labute approximate surface area is 602 Å². The Bertz CT molecular complexity index is 6310. The fourth-order valence-corrected chi connectivity index (χ4v) is 17.4. The average molecular weight is 1330 g/mol. The van der Waals surface area contributed by atoms with Gasteiger partial charge in [-0.25, -0.2) is 19.9 Å². The van der Waals surface area contributed by atoms with E-state index in [1.165, 1.54) is 44.5 Å². The first-order chi connectivity index (χ1) is 51.5. The van der Waals surface area contributed by atoms with Crippen molar-refractivity contribution in [3.05, 3.63) is 408 Å². The quantitative estimate of drug-likeness (QED) is 0.143. The van der Waals surface area contributed by atoms with Crippen LogP contribution in [0, 0.1) is 0 Å². The summed E-state index contributed by atoms with van der Waals surface area (Å²) in [4.78, 5) is 21.7. The van der Waals surface area contributed by atoms with Gasteiger partial charge in [-0.1, -0.05) is 322 Å². The molecule has 0 saturated carbocycles. The van der Waals surface area contributed by atoms with Crippen LogP contribution in [-0.4, -0.2) is 19.9 Å². The smallest absolute Gasteiger partial charge is 0.160 e. The van der Waals surface area contributed by atoms with Crippen molar-refractivity contribution in [2.75, 3.05) is 0 Å². The highest BCUT2D eigenvalue weighted by Crippen LogP contribution is 2.66. The van der Waals surface area contributed by atoms with E-state index in [2.05, 4.69) is 346 Å². The molecule has 0 amide bonds. The molecule has 0 saturated heterocycles. The molecule has 0 fully saturated rings. The summed E-state index contributed by atoms with van der Waals surface area (Å²) in [5.74, 6) is 4.45. The zero-order chi connectivity index (χ0) is 68.5. The minimum absolute atomic E-state index is 0.620. The molecule has 4 aliphatic rings. The predicted molar refractivity (Wildman–Crippen MR) is 419 cm³/mol. The van der Waals surface area contributed by atoms with Gasteiger partial charge in [0.15, 0.2) is 11.6 Å². The van der Waals surface area contributed by atoms with Crippen LogP contribution in [0.5, 0.6) is 23.0 Å². The molecule has 6 heteroatoms. The lowest BCUT2D eigenvalue weighted by atomic mass is 9.65. The predicted octanol–water partition coefficient (Wildman–Crippen LogP) is 24.4. The number of ether oxygens (including phenoxy) is 2. The number of nitrogens with zero attached hydrogens (tertiary/aromatic N) is 4. The molecule has 2 spiro atoms. The first-order valence-corrected chi connectivity index (χ1v) is 35.5. The first-order valence-electron chi connectivity index (χ1n) is 35.5. The summed E-state index contributed by atoms with van der Waals surface area (Å²) < 4.78 is 14.5. The van der Waals surface area contributed by atoms with Gasteiger partial charge in [0, 0.05) is 55.6 Å². The Morgan fingerprint density at radius 1 is 0.192 bits per heavy atom. The van der Waals surface area contributed by atoms with Crippen LogP contribution < -0.4 is 9.47 Å². The number of fused-ring (bicyclic) bond motifs is 19. The maximum absolute atomic E-state index is 7.30. The van der Waals surface area contributed by atoms with E-state index in [1.54, 1.807) is 0 Å². The molecule has 21 rings (SSSR count). The molecule has 0 N–H and O–H groups in total. The SMILES string of the molecule is c1ccc(-c2ccc(-c3nc(-c4ccc(-c5ccccc5-c5ccc6c(c5)-c5ccccc5C65c6ccccc6Oc6c(-c7cc(-c8cccc9ccccc89)nc(-c8ccccc8)n7)cccc65)cc4)cc(-c4cccc5c4Oc4ccccc4C54c5ccccc5-c5ccccc54)n3)cc2)cc1. The second-order valence-electron chi connectivity index (χ2n) is 27.3. The molecule has 0 bridgehead atoms. The Morgan fingerprint density at radius 3 is 1.12 bits per heavy atom. The van der Waals surface area contributed by atoms with Crippen molar-refractivity contribution in [3.8, 4) is 146 Å². The molecule has 4 heterocycles. The molecule has 2 aliphatic carbocycles. The van der Waals surface area contributed by atoms with E-state index in [-0.39, 0.29) is 0 Å². The van der Waals surface area contributed by atoms with Crippen LogP contribution in [0.15, 0.2) is 364 Å². The summed E-state index contributed by atoms with van der Waals surface area (Å²) in [5, 5.41) is 2.28. The second kappa shape index (κ2) is 23.5. The van der Waals surface area contributed by atoms with Gasteiger partial charge in [0.2, 0.25) is 0 Å². The van der Waals surface area contributed by atoms with Crippen LogP contribution in [0.3, 0.4) is 0 Å². The van der Waals surface area contributed by atoms with Crippen LogP contribution in [0.2, 0.25) is 0 Å². The Hall–Kier alpha value is -13.7. The number of aromatic nitrogens is 4. The standard InChI is InChI=1S/C98H60N4O2/c1-3-24-61(25-4-1)62-48-54-67(55-49-62)96-99-87(59-89(101-96)76-37-22-44-85-93(76)103-91-46-19-17-42-83(91)97(85)79-39-14-11-33-72(79)73-34-12-15-40-80(73)97)65-52-50-64(51-53-65)69-30-9-10-32-71(69)68-56-57-82-78(58-68)74-35-13-16-41-81(74)98(82)84-43-18-20-47-92(84)104-94-77(38-23-45-86(94)98)90-60-88(100-95(102-90)66-27-5-2-6-28-66)75-36-21-29-63-26-7-8-31-70(63)75/h1-60H. The molecule has 2 aliphatic heterocycles. The highest BCUT2D eigenvalue weighted by atomic mass is 16.5. The minimum atomic E-state index is -0.741. The van der Waals surface area contributed by atoms with Crippen LogP contribution in [0.1, 0.15) is 44.5 Å². The van der Waals surface area contributed by atoms with Gasteiger partial charge in [0.1, 0.15) is 23.0 Å². The topological polar surface area (TPSA) is 70.0 Å². The molecule has 6 nitrogen and oxygen atoms in total. The van der Waals surface area contributed by atoms with Crippen molar-refractivity contribution >= 4 is 10.8 Å². The fraction of sp³-hybridized carbons (Fsp3) is 0.0204. The Morgan fingerprint density at radius 2 is 0.538 bits per heavy atom. The first kappa shape index (κ1) is 59.2.